The standard InChI is InChI=1S/C19H28N4O5/c1-4-28-19(26)23-11-9-22(10-12-23)18(25)14-21(2)13-17(24)20-15-5-7-16(27-3)8-6-15/h5-8H,4,9-14H2,1-3H3,(H,20,24)/p+1. The molecule has 1 aromatic rings. The number of methoxy groups -OCH3 is 1. The minimum atomic E-state index is -0.340. The highest BCUT2D eigenvalue weighted by Crippen LogP contribution is 2.14. The zero-order valence-corrected chi connectivity index (χ0v) is 16.7. The minimum Gasteiger partial charge on any atom is -0.497 e. The van der Waals surface area contributed by atoms with Crippen molar-refractivity contribution in [3.8, 4) is 5.75 Å². The first kappa shape index (κ1) is 21.5. The van der Waals surface area contributed by atoms with Gasteiger partial charge in [-0.1, -0.05) is 0 Å². The van der Waals surface area contributed by atoms with E-state index in [1.54, 1.807) is 55.1 Å². The number of rotatable bonds is 7. The fourth-order valence-corrected chi connectivity index (χ4v) is 2.94. The minimum absolute atomic E-state index is 0.0294. The summed E-state index contributed by atoms with van der Waals surface area (Å²) < 4.78 is 10.1. The van der Waals surface area contributed by atoms with Gasteiger partial charge >= 0.3 is 6.09 Å². The van der Waals surface area contributed by atoms with E-state index in [0.717, 1.165) is 10.6 Å². The Bertz CT molecular complexity index is 671. The summed E-state index contributed by atoms with van der Waals surface area (Å²) in [6, 6.07) is 7.07. The largest absolute Gasteiger partial charge is 0.497 e. The number of nitrogens with zero attached hydrogens (tertiary/aromatic N) is 2. The number of hydrogen-bond donors (Lipinski definition) is 2. The van der Waals surface area contributed by atoms with Gasteiger partial charge in [0.2, 0.25) is 0 Å². The van der Waals surface area contributed by atoms with Crippen LogP contribution in [0.15, 0.2) is 24.3 Å². The molecule has 0 spiro atoms. The number of likely N-dealkylation sites (N-methyl/N-ethyl adjacent to an activating group) is 1. The summed E-state index contributed by atoms with van der Waals surface area (Å²) in [7, 11) is 3.39. The number of hydrogen-bond acceptors (Lipinski definition) is 5. The van der Waals surface area contributed by atoms with Crippen LogP contribution < -0.4 is 15.0 Å². The maximum absolute atomic E-state index is 12.4. The molecule has 3 amide bonds. The number of benzene rings is 1. The van der Waals surface area contributed by atoms with Gasteiger partial charge in [-0.15, -0.1) is 0 Å². The van der Waals surface area contributed by atoms with E-state index in [4.69, 9.17) is 9.47 Å². The molecule has 1 aliphatic heterocycles. The average Bonchev–Trinajstić information content (AvgIpc) is 2.68. The molecule has 0 radical (unpaired) electrons. The average molecular weight is 393 g/mol. The smallest absolute Gasteiger partial charge is 0.409 e. The van der Waals surface area contributed by atoms with Crippen LogP contribution in [-0.4, -0.2) is 87.7 Å². The fourth-order valence-electron chi connectivity index (χ4n) is 2.94. The molecule has 1 unspecified atom stereocenters. The van der Waals surface area contributed by atoms with Crippen molar-refractivity contribution >= 4 is 23.6 Å². The Morgan fingerprint density at radius 3 is 2.21 bits per heavy atom. The molecule has 1 atom stereocenters. The molecular formula is C19H29N4O5+. The van der Waals surface area contributed by atoms with Crippen LogP contribution in [0.4, 0.5) is 10.5 Å². The fraction of sp³-hybridized carbons (Fsp3) is 0.526. The summed E-state index contributed by atoms with van der Waals surface area (Å²) in [5.74, 6) is 0.523. The normalized spacial score (nSPS) is 15.0. The van der Waals surface area contributed by atoms with Gasteiger partial charge in [0, 0.05) is 31.9 Å². The highest BCUT2D eigenvalue weighted by atomic mass is 16.6. The van der Waals surface area contributed by atoms with E-state index in [9.17, 15) is 14.4 Å². The van der Waals surface area contributed by atoms with Crippen LogP contribution in [-0.2, 0) is 14.3 Å². The number of carbonyl (C=O) groups excluding carboxylic acids is 3. The SMILES string of the molecule is CCOC(=O)N1CCN(C(=O)C[NH+](C)CC(=O)Nc2ccc(OC)cc2)CC1. The third-order valence-electron chi connectivity index (χ3n) is 4.45. The van der Waals surface area contributed by atoms with Crippen molar-refractivity contribution in [3.63, 3.8) is 0 Å². The molecule has 2 rings (SSSR count). The van der Waals surface area contributed by atoms with Crippen LogP contribution in [0, 0.1) is 0 Å². The summed E-state index contributed by atoms with van der Waals surface area (Å²) in [5.41, 5.74) is 0.681. The molecule has 154 valence electrons. The first-order valence-corrected chi connectivity index (χ1v) is 9.37. The van der Waals surface area contributed by atoms with Crippen LogP contribution in [0.5, 0.6) is 5.75 Å². The molecule has 9 heteroatoms. The van der Waals surface area contributed by atoms with Crippen molar-refractivity contribution in [1.82, 2.24) is 9.80 Å². The van der Waals surface area contributed by atoms with E-state index in [1.165, 1.54) is 0 Å². The zero-order valence-electron chi connectivity index (χ0n) is 16.7. The molecule has 0 saturated carbocycles. The summed E-state index contributed by atoms with van der Waals surface area (Å²) in [4.78, 5) is 40.4. The predicted molar refractivity (Wildman–Crippen MR) is 103 cm³/mol. The van der Waals surface area contributed by atoms with Gasteiger partial charge in [-0.05, 0) is 31.2 Å². The van der Waals surface area contributed by atoms with Gasteiger partial charge in [0.25, 0.3) is 11.8 Å². The summed E-state index contributed by atoms with van der Waals surface area (Å²) >= 11 is 0. The molecule has 28 heavy (non-hydrogen) atoms. The Kier molecular flexibility index (Phi) is 8.06. The van der Waals surface area contributed by atoms with Crippen molar-refractivity contribution < 1.29 is 28.8 Å². The van der Waals surface area contributed by atoms with Gasteiger partial charge < -0.3 is 29.5 Å². The number of piperazine rings is 1. The predicted octanol–water partition coefficient (Wildman–Crippen LogP) is -0.551. The Balaban J connectivity index is 1.73. The Morgan fingerprint density at radius 1 is 1.04 bits per heavy atom. The van der Waals surface area contributed by atoms with Gasteiger partial charge in [-0.25, -0.2) is 4.79 Å². The lowest BCUT2D eigenvalue weighted by Crippen LogP contribution is -3.11. The summed E-state index contributed by atoms with van der Waals surface area (Å²) in [6.07, 6.45) is -0.340. The maximum Gasteiger partial charge on any atom is 0.409 e. The molecule has 9 nitrogen and oxygen atoms in total. The number of ether oxygens (including phenoxy) is 2. The second-order valence-corrected chi connectivity index (χ2v) is 6.65. The van der Waals surface area contributed by atoms with Crippen LogP contribution in [0.25, 0.3) is 0 Å². The van der Waals surface area contributed by atoms with Crippen molar-refractivity contribution in [3.05, 3.63) is 24.3 Å². The number of anilines is 1. The summed E-state index contributed by atoms with van der Waals surface area (Å²) in [5, 5.41) is 2.81. The maximum atomic E-state index is 12.4. The van der Waals surface area contributed by atoms with E-state index < -0.39 is 0 Å². The van der Waals surface area contributed by atoms with Crippen molar-refractivity contribution in [2.75, 3.05) is 65.3 Å². The first-order valence-electron chi connectivity index (χ1n) is 9.37. The number of carbonyl (C=O) groups is 3. The number of nitrogens with one attached hydrogen (secondary N) is 2. The molecule has 2 N–H and O–H groups in total. The third-order valence-corrected chi connectivity index (χ3v) is 4.45. The van der Waals surface area contributed by atoms with Gasteiger partial charge in [-0.2, -0.15) is 0 Å². The Labute approximate surface area is 165 Å². The van der Waals surface area contributed by atoms with E-state index in [0.29, 0.717) is 38.5 Å². The van der Waals surface area contributed by atoms with Crippen LogP contribution >= 0.6 is 0 Å². The second-order valence-electron chi connectivity index (χ2n) is 6.65. The molecule has 1 aromatic carbocycles. The highest BCUT2D eigenvalue weighted by Gasteiger charge is 2.26. The van der Waals surface area contributed by atoms with Gasteiger partial charge in [0.05, 0.1) is 20.8 Å². The molecule has 0 bridgehead atoms. The zero-order chi connectivity index (χ0) is 20.5. The number of amides is 3. The van der Waals surface area contributed by atoms with E-state index in [2.05, 4.69) is 5.32 Å². The molecule has 1 heterocycles. The van der Waals surface area contributed by atoms with Gasteiger partial charge in [-0.3, -0.25) is 9.59 Å². The highest BCUT2D eigenvalue weighted by molar-refractivity contribution is 5.91. The third kappa shape index (κ3) is 6.41. The molecular weight excluding hydrogens is 364 g/mol. The van der Waals surface area contributed by atoms with Crippen LogP contribution in [0.1, 0.15) is 6.92 Å². The molecule has 1 aliphatic rings. The van der Waals surface area contributed by atoms with Gasteiger partial charge in [0.1, 0.15) is 5.75 Å². The lowest BCUT2D eigenvalue weighted by Gasteiger charge is -2.34. The number of quaternary nitrogens is 1. The second kappa shape index (κ2) is 10.5. The first-order chi connectivity index (χ1) is 13.4. The van der Waals surface area contributed by atoms with Crippen molar-refractivity contribution in [1.29, 1.82) is 0 Å². The summed E-state index contributed by atoms with van der Waals surface area (Å²) in [6.45, 7) is 4.37. The molecule has 0 aromatic heterocycles. The Morgan fingerprint density at radius 2 is 1.64 bits per heavy atom. The monoisotopic (exact) mass is 393 g/mol. The van der Waals surface area contributed by atoms with Gasteiger partial charge in [0.15, 0.2) is 13.1 Å². The van der Waals surface area contributed by atoms with E-state index in [1.807, 2.05) is 0 Å². The lowest BCUT2D eigenvalue weighted by molar-refractivity contribution is -0.862. The van der Waals surface area contributed by atoms with E-state index in [-0.39, 0.29) is 31.0 Å². The van der Waals surface area contributed by atoms with Crippen LogP contribution in [0.2, 0.25) is 0 Å². The van der Waals surface area contributed by atoms with E-state index >= 15 is 0 Å². The molecule has 1 fully saturated rings. The Hall–Kier alpha value is -2.81. The molecule has 0 aliphatic carbocycles. The van der Waals surface area contributed by atoms with Crippen LogP contribution in [0.3, 0.4) is 0 Å². The van der Waals surface area contributed by atoms with Crippen molar-refractivity contribution in [2.24, 2.45) is 0 Å². The topological polar surface area (TPSA) is 92.6 Å². The quantitative estimate of drug-likeness (QED) is 0.649. The lowest BCUT2D eigenvalue weighted by atomic mass is 10.3. The molecule has 1 saturated heterocycles. The van der Waals surface area contributed by atoms with Crippen molar-refractivity contribution in [2.45, 2.75) is 6.92 Å².